The van der Waals surface area contributed by atoms with Crippen LogP contribution >= 0.6 is 0 Å². The third kappa shape index (κ3) is 2.64. The van der Waals surface area contributed by atoms with E-state index in [1.54, 1.807) is 0 Å². The molecule has 0 aliphatic rings. The largest absolute Gasteiger partial charge is 0.295 e. The molecule has 0 aromatic rings. The number of carbonyl (C=O) groups excluding carboxylic acids is 2. The summed E-state index contributed by atoms with van der Waals surface area (Å²) in [6.45, 7) is 0. The molecule has 0 saturated carbocycles. The van der Waals surface area contributed by atoms with E-state index in [0.717, 1.165) is 0 Å². The molecule has 0 aliphatic heterocycles. The quantitative estimate of drug-likeness (QED) is 0.350. The molecule has 7 heavy (non-hydrogen) atoms. The number of Topliss-reactive ketones (excluding diaryl/α,β-unsaturated/α-hetero) is 1. The molecule has 36 valence electrons. The van der Waals surface area contributed by atoms with Crippen molar-refractivity contribution in [3.63, 3.8) is 0 Å². The third-order valence-electron chi connectivity index (χ3n) is 0.385. The predicted octanol–water partition coefficient (Wildman–Crippen LogP) is -0.332. The lowest BCUT2D eigenvalue weighted by Gasteiger charge is -1.69. The molecule has 0 unspecified atom stereocenters. The Morgan fingerprint density at radius 1 is 1.86 bits per heavy atom. The minimum atomic E-state index is -0.664. The molecular weight excluding hydrogens is 94.0 g/mol. The number of ketones is 1. The number of carbonyl (C=O) groups is 2. The highest BCUT2D eigenvalue weighted by Gasteiger charge is 1.92. The summed E-state index contributed by atoms with van der Waals surface area (Å²) in [5.41, 5.74) is 0. The van der Waals surface area contributed by atoms with Gasteiger partial charge in [-0.05, 0) is 0 Å². The van der Waals surface area contributed by atoms with Gasteiger partial charge in [-0.3, -0.25) is 9.59 Å². The van der Waals surface area contributed by atoms with Gasteiger partial charge in [-0.1, -0.05) is 0 Å². The van der Waals surface area contributed by atoms with E-state index in [1.807, 2.05) is 0 Å². The van der Waals surface area contributed by atoms with E-state index in [-0.39, 0.29) is 12.7 Å². The zero-order valence-electron chi connectivity index (χ0n) is 3.55. The molecule has 0 radical (unpaired) electrons. The topological polar surface area (TPSA) is 57.9 Å². The summed E-state index contributed by atoms with van der Waals surface area (Å²) in [6.07, 6.45) is -0.160. The zero-order chi connectivity index (χ0) is 5.70. The van der Waals surface area contributed by atoms with Gasteiger partial charge in [0.15, 0.2) is 6.29 Å². The Morgan fingerprint density at radius 3 is 2.57 bits per heavy atom. The average Bonchev–Trinajstić information content (AvgIpc) is 1.68. The van der Waals surface area contributed by atoms with Crippen LogP contribution in [0, 0.1) is 11.3 Å². The standard InChI is InChI=1S/C4H3NO2/c5-2-1-4(7)3-6/h3H,1H2. The van der Waals surface area contributed by atoms with Gasteiger partial charge < -0.3 is 0 Å². The predicted molar refractivity (Wildman–Crippen MR) is 21.3 cm³/mol. The Morgan fingerprint density at radius 2 is 2.43 bits per heavy atom. The normalized spacial score (nSPS) is 6.71. The fraction of sp³-hybridized carbons (Fsp3) is 0.250. The number of hydrogen-bond acceptors (Lipinski definition) is 3. The van der Waals surface area contributed by atoms with E-state index in [4.69, 9.17) is 5.26 Å². The average molecular weight is 97.1 g/mol. The SMILES string of the molecule is N#CCC(=O)C=O. The Labute approximate surface area is 40.5 Å². The van der Waals surface area contributed by atoms with Crippen LogP contribution in [0.2, 0.25) is 0 Å². The van der Waals surface area contributed by atoms with Crippen molar-refractivity contribution in [2.75, 3.05) is 0 Å². The van der Waals surface area contributed by atoms with Crippen LogP contribution in [0.5, 0.6) is 0 Å². The van der Waals surface area contributed by atoms with E-state index in [9.17, 15) is 9.59 Å². The summed E-state index contributed by atoms with van der Waals surface area (Å²) in [4.78, 5) is 19.2. The molecule has 3 nitrogen and oxygen atoms in total. The molecule has 0 rings (SSSR count). The molecule has 0 aromatic heterocycles. The Kier molecular flexibility index (Phi) is 2.53. The maximum atomic E-state index is 9.82. The van der Waals surface area contributed by atoms with E-state index in [1.165, 1.54) is 6.07 Å². The maximum Gasteiger partial charge on any atom is 0.209 e. The van der Waals surface area contributed by atoms with Gasteiger partial charge in [-0.15, -0.1) is 0 Å². The van der Waals surface area contributed by atoms with E-state index in [2.05, 4.69) is 0 Å². The molecule has 0 N–H and O–H groups in total. The fourth-order valence-corrected chi connectivity index (χ4v) is 0.120. The van der Waals surface area contributed by atoms with Gasteiger partial charge in [0.2, 0.25) is 5.78 Å². The van der Waals surface area contributed by atoms with E-state index < -0.39 is 5.78 Å². The first-order valence-corrected chi connectivity index (χ1v) is 1.66. The molecule has 0 bridgehead atoms. The molecular formula is C4H3NO2. The lowest BCUT2D eigenvalue weighted by molar-refractivity contribution is -0.129. The molecule has 0 saturated heterocycles. The van der Waals surface area contributed by atoms with E-state index >= 15 is 0 Å². The number of rotatable bonds is 2. The summed E-state index contributed by atoms with van der Waals surface area (Å²) >= 11 is 0. The van der Waals surface area contributed by atoms with Crippen LogP contribution in [-0.4, -0.2) is 12.1 Å². The molecule has 0 amide bonds. The fourth-order valence-electron chi connectivity index (χ4n) is 0.120. The first kappa shape index (κ1) is 5.83. The van der Waals surface area contributed by atoms with E-state index in [0.29, 0.717) is 0 Å². The molecule has 0 aromatic carbocycles. The van der Waals surface area contributed by atoms with Crippen LogP contribution in [0.1, 0.15) is 6.42 Å². The molecule has 0 atom stereocenters. The minimum Gasteiger partial charge on any atom is -0.295 e. The van der Waals surface area contributed by atoms with Gasteiger partial charge >= 0.3 is 0 Å². The first-order valence-electron chi connectivity index (χ1n) is 1.66. The second-order valence-corrected chi connectivity index (χ2v) is 0.919. The van der Waals surface area contributed by atoms with Gasteiger partial charge in [-0.25, -0.2) is 0 Å². The number of nitrogens with zero attached hydrogens (tertiary/aromatic N) is 1. The van der Waals surface area contributed by atoms with Crippen LogP contribution in [0.3, 0.4) is 0 Å². The molecule has 0 fully saturated rings. The maximum absolute atomic E-state index is 9.82. The third-order valence-corrected chi connectivity index (χ3v) is 0.385. The second kappa shape index (κ2) is 3.04. The highest BCUT2D eigenvalue weighted by Crippen LogP contribution is 1.70. The van der Waals surface area contributed by atoms with Crippen LogP contribution in [0.4, 0.5) is 0 Å². The van der Waals surface area contributed by atoms with Crippen molar-refractivity contribution in [1.82, 2.24) is 0 Å². The number of nitriles is 1. The molecule has 3 heteroatoms. The summed E-state index contributed by atoms with van der Waals surface area (Å²) < 4.78 is 0. The summed E-state index contributed by atoms with van der Waals surface area (Å²) in [5.74, 6) is -0.664. The van der Waals surface area contributed by atoms with Crippen molar-refractivity contribution in [3.8, 4) is 6.07 Å². The van der Waals surface area contributed by atoms with Crippen molar-refractivity contribution in [3.05, 3.63) is 0 Å². The van der Waals surface area contributed by atoms with Crippen molar-refractivity contribution >= 4 is 12.1 Å². The van der Waals surface area contributed by atoms with Crippen molar-refractivity contribution in [1.29, 1.82) is 5.26 Å². The number of aldehydes is 1. The highest BCUT2D eigenvalue weighted by molar-refractivity contribution is 6.25. The molecule has 0 spiro atoms. The first-order chi connectivity index (χ1) is 3.31. The van der Waals surface area contributed by atoms with Gasteiger partial charge in [0.05, 0.1) is 6.07 Å². The van der Waals surface area contributed by atoms with Crippen LogP contribution < -0.4 is 0 Å². The summed E-state index contributed by atoms with van der Waals surface area (Å²) in [5, 5.41) is 7.74. The van der Waals surface area contributed by atoms with Crippen LogP contribution in [0.15, 0.2) is 0 Å². The van der Waals surface area contributed by atoms with Crippen LogP contribution in [-0.2, 0) is 9.59 Å². The Hall–Kier alpha value is -1.17. The Bertz CT molecular complexity index is 122. The lowest BCUT2D eigenvalue weighted by atomic mass is 10.3. The van der Waals surface area contributed by atoms with Gasteiger partial charge in [0.1, 0.15) is 6.42 Å². The molecule has 0 heterocycles. The smallest absolute Gasteiger partial charge is 0.209 e. The summed E-state index contributed by atoms with van der Waals surface area (Å²) in [7, 11) is 0. The lowest BCUT2D eigenvalue weighted by Crippen LogP contribution is -1.94. The summed E-state index contributed by atoms with van der Waals surface area (Å²) in [6, 6.07) is 1.54. The van der Waals surface area contributed by atoms with Gasteiger partial charge in [0, 0.05) is 0 Å². The Balaban J connectivity index is 3.42. The number of hydrogen-bond donors (Lipinski definition) is 0. The monoisotopic (exact) mass is 97.0 g/mol. The van der Waals surface area contributed by atoms with Crippen molar-refractivity contribution < 1.29 is 9.59 Å². The van der Waals surface area contributed by atoms with Crippen LogP contribution in [0.25, 0.3) is 0 Å². The highest BCUT2D eigenvalue weighted by atomic mass is 16.2. The van der Waals surface area contributed by atoms with Gasteiger partial charge in [-0.2, -0.15) is 5.26 Å². The minimum absolute atomic E-state index is 0.142. The van der Waals surface area contributed by atoms with Crippen molar-refractivity contribution in [2.45, 2.75) is 6.42 Å². The second-order valence-electron chi connectivity index (χ2n) is 0.919. The van der Waals surface area contributed by atoms with Gasteiger partial charge in [0.25, 0.3) is 0 Å². The van der Waals surface area contributed by atoms with Crippen molar-refractivity contribution in [2.24, 2.45) is 0 Å². The molecule has 0 aliphatic carbocycles. The zero-order valence-corrected chi connectivity index (χ0v) is 3.55.